The first-order valence-electron chi connectivity index (χ1n) is 11.9. The molecule has 5 rings (SSSR count). The van der Waals surface area contributed by atoms with Crippen LogP contribution in [0.2, 0.25) is 0 Å². The van der Waals surface area contributed by atoms with Crippen molar-refractivity contribution >= 4 is 17.5 Å². The largest absolute Gasteiger partial charge is 0.497 e. The number of piperidine rings is 1. The predicted octanol–water partition coefficient (Wildman–Crippen LogP) is 3.67. The molecular formula is C28H29N3O4. The quantitative estimate of drug-likeness (QED) is 0.616. The van der Waals surface area contributed by atoms with E-state index in [4.69, 9.17) is 4.74 Å². The van der Waals surface area contributed by atoms with Gasteiger partial charge in [0.25, 0.3) is 5.56 Å². The van der Waals surface area contributed by atoms with Gasteiger partial charge in [-0.25, -0.2) is 0 Å². The molecule has 0 aliphatic carbocycles. The Morgan fingerprint density at radius 3 is 2.40 bits per heavy atom. The molecule has 0 saturated carbocycles. The van der Waals surface area contributed by atoms with E-state index < -0.39 is 0 Å². The van der Waals surface area contributed by atoms with Crippen LogP contribution in [0.15, 0.2) is 65.5 Å². The fourth-order valence-electron chi connectivity index (χ4n) is 5.43. The Morgan fingerprint density at radius 2 is 1.71 bits per heavy atom. The number of carbonyl (C=O) groups excluding carboxylic acids is 2. The highest BCUT2D eigenvalue weighted by Crippen LogP contribution is 2.40. The summed E-state index contributed by atoms with van der Waals surface area (Å²) in [4.78, 5) is 39.3. The van der Waals surface area contributed by atoms with Gasteiger partial charge in [0.2, 0.25) is 11.8 Å². The number of hydrogen-bond donors (Lipinski definition) is 1. The summed E-state index contributed by atoms with van der Waals surface area (Å²) in [6.45, 7) is 3.38. The molecule has 2 amide bonds. The van der Waals surface area contributed by atoms with E-state index in [1.165, 1.54) is 6.92 Å². The van der Waals surface area contributed by atoms with Crippen molar-refractivity contribution in [2.75, 3.05) is 25.5 Å². The zero-order chi connectivity index (χ0) is 24.5. The maximum atomic E-state index is 13.2. The van der Waals surface area contributed by atoms with Crippen LogP contribution >= 0.6 is 0 Å². The van der Waals surface area contributed by atoms with E-state index in [0.717, 1.165) is 40.2 Å². The predicted molar refractivity (Wildman–Crippen MR) is 135 cm³/mol. The third-order valence-electron chi connectivity index (χ3n) is 6.97. The lowest BCUT2D eigenvalue weighted by Gasteiger charge is -2.43. The molecular weight excluding hydrogens is 442 g/mol. The van der Waals surface area contributed by atoms with Crippen LogP contribution in [-0.2, 0) is 22.6 Å². The number of likely N-dealkylation sites (tertiary alicyclic amines) is 1. The molecule has 3 aromatic rings. The van der Waals surface area contributed by atoms with Gasteiger partial charge in [0, 0.05) is 55.5 Å². The van der Waals surface area contributed by atoms with Crippen molar-refractivity contribution in [2.45, 2.75) is 32.2 Å². The van der Waals surface area contributed by atoms with Crippen LogP contribution in [0, 0.1) is 5.92 Å². The molecule has 3 heterocycles. The number of anilines is 1. The van der Waals surface area contributed by atoms with Crippen molar-refractivity contribution in [3.05, 3.63) is 82.3 Å². The lowest BCUT2D eigenvalue weighted by atomic mass is 9.80. The highest BCUT2D eigenvalue weighted by molar-refractivity contribution is 5.89. The molecule has 0 spiro atoms. The van der Waals surface area contributed by atoms with Gasteiger partial charge in [-0.05, 0) is 53.8 Å². The maximum absolute atomic E-state index is 13.2. The Morgan fingerprint density at radius 1 is 0.971 bits per heavy atom. The Kier molecular flexibility index (Phi) is 6.16. The van der Waals surface area contributed by atoms with Gasteiger partial charge in [-0.15, -0.1) is 0 Å². The number of ether oxygens (including phenoxy) is 1. The first-order valence-corrected chi connectivity index (χ1v) is 11.9. The monoisotopic (exact) mass is 471 g/mol. The molecule has 1 N–H and O–H groups in total. The van der Waals surface area contributed by atoms with Gasteiger partial charge in [-0.2, -0.15) is 0 Å². The van der Waals surface area contributed by atoms with Crippen LogP contribution in [0.3, 0.4) is 0 Å². The summed E-state index contributed by atoms with van der Waals surface area (Å²) in [6.07, 6.45) is 1.31. The molecule has 1 saturated heterocycles. The van der Waals surface area contributed by atoms with Gasteiger partial charge in [0.15, 0.2) is 0 Å². The second kappa shape index (κ2) is 9.41. The number of nitrogens with zero attached hydrogens (tertiary/aromatic N) is 2. The number of benzene rings is 2. The summed E-state index contributed by atoms with van der Waals surface area (Å²) in [5.41, 5.74) is 4.70. The average molecular weight is 472 g/mol. The van der Waals surface area contributed by atoms with E-state index >= 15 is 0 Å². The molecule has 2 atom stereocenters. The molecule has 35 heavy (non-hydrogen) atoms. The number of amides is 2. The molecule has 180 valence electrons. The summed E-state index contributed by atoms with van der Waals surface area (Å²) < 4.78 is 7.12. The number of hydrogen-bond acceptors (Lipinski definition) is 4. The second-order valence-corrected chi connectivity index (χ2v) is 9.46. The van der Waals surface area contributed by atoms with Crippen molar-refractivity contribution in [2.24, 2.45) is 5.92 Å². The summed E-state index contributed by atoms with van der Waals surface area (Å²) in [7, 11) is 1.63. The maximum Gasteiger partial charge on any atom is 0.250 e. The summed E-state index contributed by atoms with van der Waals surface area (Å²) >= 11 is 0. The molecule has 7 heteroatoms. The topological polar surface area (TPSA) is 80.6 Å². The molecule has 1 fully saturated rings. The van der Waals surface area contributed by atoms with E-state index in [1.54, 1.807) is 13.2 Å². The van der Waals surface area contributed by atoms with Gasteiger partial charge < -0.3 is 19.5 Å². The van der Waals surface area contributed by atoms with Crippen LogP contribution in [0.25, 0.3) is 11.1 Å². The van der Waals surface area contributed by atoms with E-state index in [-0.39, 0.29) is 29.2 Å². The third-order valence-corrected chi connectivity index (χ3v) is 6.97. The van der Waals surface area contributed by atoms with Gasteiger partial charge in [0.1, 0.15) is 5.75 Å². The molecule has 1 aromatic heterocycles. The van der Waals surface area contributed by atoms with Crippen molar-refractivity contribution in [1.82, 2.24) is 9.47 Å². The van der Waals surface area contributed by atoms with Crippen molar-refractivity contribution in [3.63, 3.8) is 0 Å². The molecule has 2 aromatic carbocycles. The van der Waals surface area contributed by atoms with Gasteiger partial charge in [0.05, 0.1) is 13.5 Å². The zero-order valence-corrected chi connectivity index (χ0v) is 20.0. The van der Waals surface area contributed by atoms with E-state index in [9.17, 15) is 14.4 Å². The van der Waals surface area contributed by atoms with Gasteiger partial charge >= 0.3 is 0 Å². The number of pyridine rings is 1. The fraction of sp³-hybridized carbons (Fsp3) is 0.321. The number of fused-ring (bicyclic) bond motifs is 4. The van der Waals surface area contributed by atoms with Crippen molar-refractivity contribution in [1.29, 1.82) is 0 Å². The van der Waals surface area contributed by atoms with Crippen LogP contribution < -0.4 is 15.6 Å². The van der Waals surface area contributed by atoms with Crippen LogP contribution in [-0.4, -0.2) is 41.5 Å². The van der Waals surface area contributed by atoms with Crippen LogP contribution in [0.5, 0.6) is 5.75 Å². The molecule has 2 aliphatic rings. The highest BCUT2D eigenvalue weighted by atomic mass is 16.5. The number of nitrogens with one attached hydrogen (secondary N) is 1. The summed E-state index contributed by atoms with van der Waals surface area (Å²) in [5, 5.41) is 2.79. The normalized spacial score (nSPS) is 18.5. The van der Waals surface area contributed by atoms with E-state index in [2.05, 4.69) is 5.32 Å². The summed E-state index contributed by atoms with van der Waals surface area (Å²) in [6, 6.07) is 18.8. The molecule has 0 radical (unpaired) electrons. The molecule has 2 aliphatic heterocycles. The molecule has 2 unspecified atom stereocenters. The highest BCUT2D eigenvalue weighted by Gasteiger charge is 2.37. The zero-order valence-electron chi connectivity index (χ0n) is 20.0. The number of rotatable bonds is 5. The van der Waals surface area contributed by atoms with Crippen molar-refractivity contribution in [3.8, 4) is 16.9 Å². The Balaban J connectivity index is 1.41. The number of carbonyl (C=O) groups is 2. The second-order valence-electron chi connectivity index (χ2n) is 9.46. The fourth-order valence-corrected chi connectivity index (χ4v) is 5.43. The molecule has 7 nitrogen and oxygen atoms in total. The minimum atomic E-state index is -0.117. The SMILES string of the molecule is COc1ccc(CC(=O)N2CC3CC(C2)c2c(-c4ccc(NC(C)=O)cc4)ccc(=O)n2C3)cc1. The molecule has 2 bridgehead atoms. The third kappa shape index (κ3) is 4.71. The van der Waals surface area contributed by atoms with E-state index in [1.807, 2.05) is 64.1 Å². The lowest BCUT2D eigenvalue weighted by Crippen LogP contribution is -2.49. The van der Waals surface area contributed by atoms with Crippen LogP contribution in [0.4, 0.5) is 5.69 Å². The smallest absolute Gasteiger partial charge is 0.250 e. The van der Waals surface area contributed by atoms with Crippen molar-refractivity contribution < 1.29 is 14.3 Å². The average Bonchev–Trinajstić information content (AvgIpc) is 2.85. The summed E-state index contributed by atoms with van der Waals surface area (Å²) in [5.74, 6) is 1.12. The standard InChI is InChI=1S/C28H29N3O4/c1-18(32)29-23-7-5-21(6-8-23)25-11-12-26(33)31-16-20-13-22(28(25)31)17-30(15-20)27(34)14-19-3-9-24(35-2)10-4-19/h3-12,20,22H,13-17H2,1-2H3,(H,29,32). The minimum absolute atomic E-state index is 0.00586. The lowest BCUT2D eigenvalue weighted by molar-refractivity contribution is -0.133. The minimum Gasteiger partial charge on any atom is -0.497 e. The van der Waals surface area contributed by atoms with E-state index in [0.29, 0.717) is 26.1 Å². The number of methoxy groups -OCH3 is 1. The number of aromatic nitrogens is 1. The first-order chi connectivity index (χ1) is 16.9. The Hall–Kier alpha value is -3.87. The van der Waals surface area contributed by atoms with Gasteiger partial charge in [-0.3, -0.25) is 14.4 Å². The van der Waals surface area contributed by atoms with Gasteiger partial charge in [-0.1, -0.05) is 24.3 Å². The Labute approximate surface area is 204 Å². The van der Waals surface area contributed by atoms with Crippen LogP contribution in [0.1, 0.15) is 30.5 Å². The first kappa shape index (κ1) is 22.9. The Bertz CT molecular complexity index is 1310.